The van der Waals surface area contributed by atoms with Crippen molar-refractivity contribution >= 4 is 40.8 Å². The molecule has 1 unspecified atom stereocenters. The van der Waals surface area contributed by atoms with Gasteiger partial charge in [0.2, 0.25) is 6.29 Å². The largest absolute Gasteiger partial charge is 0.457 e. The number of aliphatic hydroxyl groups is 1. The summed E-state index contributed by atoms with van der Waals surface area (Å²) in [6.45, 7) is 6.69. The Morgan fingerprint density at radius 2 is 2.06 bits per heavy atom. The van der Waals surface area contributed by atoms with Crippen LogP contribution in [0.3, 0.4) is 0 Å². The van der Waals surface area contributed by atoms with Gasteiger partial charge in [0.15, 0.2) is 11.6 Å². The molecule has 0 aliphatic heterocycles. The normalized spacial score (nSPS) is 13.5. The number of benzene rings is 1. The van der Waals surface area contributed by atoms with Gasteiger partial charge in [-0.25, -0.2) is 9.37 Å². The molecule has 1 aromatic heterocycles. The smallest absolute Gasteiger partial charge is 0.227 e. The van der Waals surface area contributed by atoms with Crippen molar-refractivity contribution in [1.29, 1.82) is 0 Å². The molecule has 180 valence electrons. The summed E-state index contributed by atoms with van der Waals surface area (Å²) in [6, 6.07) is 4.07. The highest BCUT2D eigenvalue weighted by Crippen LogP contribution is 2.36. The first kappa shape index (κ1) is 27.1. The minimum absolute atomic E-state index is 0.0640. The number of anilines is 1. The van der Waals surface area contributed by atoms with E-state index in [1.54, 1.807) is 25.5 Å². The van der Waals surface area contributed by atoms with Gasteiger partial charge in [-0.05, 0) is 42.0 Å². The number of unbranched alkanes of at least 4 members (excludes halogenated alkanes) is 2. The highest BCUT2D eigenvalue weighted by Gasteiger charge is 2.22. The summed E-state index contributed by atoms with van der Waals surface area (Å²) < 4.78 is 19.4. The number of nitrogens with two attached hydrogens (primary N) is 1. The average Bonchev–Trinajstić information content (AvgIpc) is 2.76. The van der Waals surface area contributed by atoms with Gasteiger partial charge < -0.3 is 15.6 Å². The lowest BCUT2D eigenvalue weighted by molar-refractivity contribution is -0.0191. The number of hydrogen-bond donors (Lipinski definition) is 2. The number of hydrogen-bond acceptors (Lipinski definition) is 5. The number of aliphatic imine (C=N–C) groups is 1. The van der Waals surface area contributed by atoms with E-state index in [-0.39, 0.29) is 32.6 Å². The molecule has 5 nitrogen and oxygen atoms in total. The van der Waals surface area contributed by atoms with Crippen LogP contribution in [0.1, 0.15) is 70.3 Å². The maximum atomic E-state index is 13.9. The van der Waals surface area contributed by atoms with E-state index in [2.05, 4.69) is 36.8 Å². The highest BCUT2D eigenvalue weighted by atomic mass is 35.5. The lowest BCUT2D eigenvalue weighted by Gasteiger charge is -2.23. The molecule has 0 spiro atoms. The van der Waals surface area contributed by atoms with Gasteiger partial charge in [-0.1, -0.05) is 69.3 Å². The molecule has 8 heteroatoms. The minimum atomic E-state index is -1.63. The van der Waals surface area contributed by atoms with E-state index in [1.165, 1.54) is 25.3 Å². The van der Waals surface area contributed by atoms with Crippen LogP contribution in [-0.2, 0) is 0 Å². The Balaban J connectivity index is 2.30. The Morgan fingerprint density at radius 3 is 2.73 bits per heavy atom. The fraction of sp³-hybridized carbons (Fsp3) is 0.440. The Hall–Kier alpha value is -2.15. The van der Waals surface area contributed by atoms with Crippen molar-refractivity contribution in [3.63, 3.8) is 0 Å². The molecule has 0 radical (unpaired) electrons. The van der Waals surface area contributed by atoms with Crippen LogP contribution in [0.4, 0.5) is 10.2 Å². The zero-order valence-electron chi connectivity index (χ0n) is 19.5. The van der Waals surface area contributed by atoms with Gasteiger partial charge in [0, 0.05) is 25.0 Å². The summed E-state index contributed by atoms with van der Waals surface area (Å²) in [4.78, 5) is 8.36. The fourth-order valence-corrected chi connectivity index (χ4v) is 3.94. The summed E-state index contributed by atoms with van der Waals surface area (Å²) in [6.07, 6.45) is 9.44. The quantitative estimate of drug-likeness (QED) is 0.149. The van der Waals surface area contributed by atoms with E-state index in [1.807, 2.05) is 0 Å². The number of aliphatic hydroxyl groups excluding tert-OH is 1. The number of allylic oxidation sites excluding steroid dienone is 2. The summed E-state index contributed by atoms with van der Waals surface area (Å²) in [7, 11) is 1.69. The highest BCUT2D eigenvalue weighted by molar-refractivity contribution is 6.36. The van der Waals surface area contributed by atoms with Crippen LogP contribution in [0.2, 0.25) is 10.0 Å². The van der Waals surface area contributed by atoms with Gasteiger partial charge in [0.25, 0.3) is 0 Å². The van der Waals surface area contributed by atoms with Crippen LogP contribution >= 0.6 is 23.2 Å². The number of pyridine rings is 1. The molecular weight excluding hydrogens is 464 g/mol. The molecule has 0 amide bonds. The summed E-state index contributed by atoms with van der Waals surface area (Å²) >= 11 is 12.1. The Labute approximate surface area is 205 Å². The van der Waals surface area contributed by atoms with Crippen LogP contribution in [0, 0.1) is 11.2 Å². The van der Waals surface area contributed by atoms with Crippen molar-refractivity contribution in [2.24, 2.45) is 10.4 Å². The second kappa shape index (κ2) is 12.4. The third-order valence-electron chi connectivity index (χ3n) is 5.38. The predicted octanol–water partition coefficient (Wildman–Crippen LogP) is 7.26. The zero-order chi connectivity index (χ0) is 24.6. The maximum Gasteiger partial charge on any atom is 0.227 e. The molecule has 0 aliphatic carbocycles. The SMILES string of the molecule is CCCCCC(C)(C)C/C=C(\C=NC)c1cnc(N)c(OC(O)c2c(Cl)ccc(F)c2Cl)c1. The van der Waals surface area contributed by atoms with Crippen molar-refractivity contribution in [2.45, 2.75) is 59.2 Å². The summed E-state index contributed by atoms with van der Waals surface area (Å²) in [5.41, 5.74) is 7.61. The molecule has 2 rings (SSSR count). The summed E-state index contributed by atoms with van der Waals surface area (Å²) in [5, 5.41) is 10.3. The van der Waals surface area contributed by atoms with Gasteiger partial charge >= 0.3 is 0 Å². The molecule has 1 heterocycles. The second-order valence-corrected chi connectivity index (χ2v) is 9.49. The van der Waals surface area contributed by atoms with Crippen molar-refractivity contribution in [1.82, 2.24) is 4.98 Å². The van der Waals surface area contributed by atoms with Crippen LogP contribution < -0.4 is 10.5 Å². The van der Waals surface area contributed by atoms with Crippen LogP contribution in [-0.4, -0.2) is 23.4 Å². The second-order valence-electron chi connectivity index (χ2n) is 8.71. The topological polar surface area (TPSA) is 80.7 Å². The molecular formula is C25H32Cl2FN3O2. The van der Waals surface area contributed by atoms with Crippen LogP contribution in [0.15, 0.2) is 35.5 Å². The first-order valence-electron chi connectivity index (χ1n) is 11.0. The van der Waals surface area contributed by atoms with Crippen LogP contribution in [0.5, 0.6) is 5.75 Å². The number of ether oxygens (including phenoxy) is 1. The van der Waals surface area contributed by atoms with Gasteiger partial charge in [-0.2, -0.15) is 0 Å². The van der Waals surface area contributed by atoms with Gasteiger partial charge in [0.1, 0.15) is 5.82 Å². The van der Waals surface area contributed by atoms with E-state index < -0.39 is 12.1 Å². The van der Waals surface area contributed by atoms with Gasteiger partial charge in [0.05, 0.1) is 15.6 Å². The first-order valence-corrected chi connectivity index (χ1v) is 11.7. The maximum absolute atomic E-state index is 13.9. The van der Waals surface area contributed by atoms with Crippen LogP contribution in [0.25, 0.3) is 5.57 Å². The van der Waals surface area contributed by atoms with Crippen molar-refractivity contribution in [2.75, 3.05) is 12.8 Å². The third-order valence-corrected chi connectivity index (χ3v) is 6.09. The van der Waals surface area contributed by atoms with E-state index in [9.17, 15) is 9.50 Å². The number of rotatable bonds is 11. The van der Waals surface area contributed by atoms with Crippen molar-refractivity contribution in [3.05, 3.63) is 57.5 Å². The predicted molar refractivity (Wildman–Crippen MR) is 136 cm³/mol. The molecule has 3 N–H and O–H groups in total. The summed E-state index contributed by atoms with van der Waals surface area (Å²) in [5.74, 6) is -0.535. The molecule has 1 atom stereocenters. The van der Waals surface area contributed by atoms with E-state index >= 15 is 0 Å². The Morgan fingerprint density at radius 1 is 1.33 bits per heavy atom. The molecule has 0 saturated heterocycles. The molecule has 0 aliphatic rings. The molecule has 2 aromatic rings. The van der Waals surface area contributed by atoms with Crippen molar-refractivity contribution < 1.29 is 14.2 Å². The fourth-order valence-electron chi connectivity index (χ4n) is 3.38. The molecule has 33 heavy (non-hydrogen) atoms. The van der Waals surface area contributed by atoms with E-state index in [0.717, 1.165) is 30.0 Å². The van der Waals surface area contributed by atoms with Gasteiger partial charge in [-0.3, -0.25) is 4.99 Å². The molecule has 0 bridgehead atoms. The van der Waals surface area contributed by atoms with Crippen molar-refractivity contribution in [3.8, 4) is 5.75 Å². The van der Waals surface area contributed by atoms with Gasteiger partial charge in [-0.15, -0.1) is 0 Å². The lowest BCUT2D eigenvalue weighted by atomic mass is 9.83. The molecule has 0 fully saturated rings. The standard InChI is InChI=1S/C25H32Cl2FN3O2/c1-5-6-7-11-25(2,3)12-10-16(14-30-4)17-13-20(23(29)31-15-17)33-24(32)21-18(26)8-9-19(28)22(21)27/h8-10,13-15,24,32H,5-7,11-12H2,1-4H3,(H2,29,31)/b16-10+,30-14?. The monoisotopic (exact) mass is 495 g/mol. The minimum Gasteiger partial charge on any atom is -0.457 e. The lowest BCUT2D eigenvalue weighted by Crippen LogP contribution is -2.11. The Bertz CT molecular complexity index is 1010. The number of halogens is 3. The molecule has 0 saturated carbocycles. The average molecular weight is 496 g/mol. The third kappa shape index (κ3) is 7.70. The molecule has 1 aromatic carbocycles. The number of nitrogens with zero attached hydrogens (tertiary/aromatic N) is 2. The number of aromatic nitrogens is 1. The zero-order valence-corrected chi connectivity index (χ0v) is 21.0. The van der Waals surface area contributed by atoms with E-state index in [4.69, 9.17) is 33.7 Å². The van der Waals surface area contributed by atoms with E-state index in [0.29, 0.717) is 0 Å². The first-order chi connectivity index (χ1) is 15.6. The number of nitrogen functional groups attached to an aromatic ring is 1. The Kier molecular flexibility index (Phi) is 10.1.